The first kappa shape index (κ1) is 5.25. The van der Waals surface area contributed by atoms with Gasteiger partial charge in [-0.3, -0.25) is 9.52 Å². The maximum atomic E-state index is 10.2. The van der Waals surface area contributed by atoms with E-state index in [1.54, 1.807) is 0 Å². The Morgan fingerprint density at radius 3 is 2.86 bits per heavy atom. The zero-order chi connectivity index (χ0) is 5.28. The van der Waals surface area contributed by atoms with E-state index >= 15 is 0 Å². The average Bonchev–Trinajstić information content (AvgIpc) is 1.87. The lowest BCUT2D eigenvalue weighted by atomic mass is 10.5. The molecular weight excluding hydrogens is 134 g/mol. The molecule has 1 unspecified atom stereocenters. The first-order valence-electron chi connectivity index (χ1n) is 1.87. The standard InChI is InChI=1S/C3H4ClNOS/c4-2-1-3(6)5-7-2/h2H,1H2,(H,5,6). The van der Waals surface area contributed by atoms with Crippen LogP contribution in [0, 0.1) is 0 Å². The van der Waals surface area contributed by atoms with Crippen molar-refractivity contribution < 1.29 is 4.79 Å². The van der Waals surface area contributed by atoms with Gasteiger partial charge in [-0.15, -0.1) is 11.6 Å². The second kappa shape index (κ2) is 1.92. The Morgan fingerprint density at radius 1 is 2.00 bits per heavy atom. The number of hydrogen-bond donors (Lipinski definition) is 1. The highest BCUT2D eigenvalue weighted by molar-refractivity contribution is 8.00. The van der Waals surface area contributed by atoms with Gasteiger partial charge in [-0.05, 0) is 11.9 Å². The van der Waals surface area contributed by atoms with Crippen LogP contribution in [0.3, 0.4) is 0 Å². The topological polar surface area (TPSA) is 29.1 Å². The molecule has 7 heavy (non-hydrogen) atoms. The van der Waals surface area contributed by atoms with Gasteiger partial charge in [0.1, 0.15) is 4.71 Å². The van der Waals surface area contributed by atoms with Gasteiger partial charge in [-0.2, -0.15) is 0 Å². The van der Waals surface area contributed by atoms with Crippen LogP contribution in [-0.2, 0) is 4.79 Å². The molecule has 4 heteroatoms. The van der Waals surface area contributed by atoms with Crippen molar-refractivity contribution in [3.8, 4) is 0 Å². The minimum absolute atomic E-state index is 0.0324. The van der Waals surface area contributed by atoms with E-state index in [0.29, 0.717) is 6.42 Å². The van der Waals surface area contributed by atoms with Gasteiger partial charge in [0.05, 0.1) is 6.42 Å². The normalized spacial score (nSPS) is 30.4. The molecule has 0 aromatic heterocycles. The van der Waals surface area contributed by atoms with Crippen molar-refractivity contribution in [2.24, 2.45) is 0 Å². The molecule has 1 fully saturated rings. The molecule has 0 aromatic rings. The van der Waals surface area contributed by atoms with E-state index in [-0.39, 0.29) is 10.6 Å². The summed E-state index contributed by atoms with van der Waals surface area (Å²) in [6.45, 7) is 0. The quantitative estimate of drug-likeness (QED) is 0.394. The van der Waals surface area contributed by atoms with Gasteiger partial charge in [0, 0.05) is 0 Å². The Balaban J connectivity index is 2.40. The smallest absolute Gasteiger partial charge is 0.232 e. The van der Waals surface area contributed by atoms with Gasteiger partial charge >= 0.3 is 0 Å². The molecule has 1 aliphatic heterocycles. The molecule has 0 aromatic carbocycles. The molecule has 1 amide bonds. The number of nitrogens with one attached hydrogen (secondary N) is 1. The number of alkyl halides is 1. The lowest BCUT2D eigenvalue weighted by Gasteiger charge is -1.85. The summed E-state index contributed by atoms with van der Waals surface area (Å²) in [7, 11) is 0. The maximum Gasteiger partial charge on any atom is 0.232 e. The van der Waals surface area contributed by atoms with E-state index in [1.165, 1.54) is 11.9 Å². The van der Waals surface area contributed by atoms with E-state index in [9.17, 15) is 4.79 Å². The monoisotopic (exact) mass is 137 g/mol. The zero-order valence-electron chi connectivity index (χ0n) is 3.48. The predicted molar refractivity (Wildman–Crippen MR) is 30.0 cm³/mol. The zero-order valence-corrected chi connectivity index (χ0v) is 5.05. The maximum absolute atomic E-state index is 10.2. The Kier molecular flexibility index (Phi) is 1.44. The molecule has 0 spiro atoms. The molecule has 1 saturated heterocycles. The van der Waals surface area contributed by atoms with E-state index in [0.717, 1.165) is 0 Å². The summed E-state index contributed by atoms with van der Waals surface area (Å²) in [5.41, 5.74) is 0. The van der Waals surface area contributed by atoms with Crippen molar-refractivity contribution in [1.82, 2.24) is 4.72 Å². The summed E-state index contributed by atoms with van der Waals surface area (Å²) in [5, 5.41) is 0. The minimum atomic E-state index is -0.0486. The number of amides is 1. The molecule has 1 atom stereocenters. The fourth-order valence-electron chi connectivity index (χ4n) is 0.359. The van der Waals surface area contributed by atoms with E-state index in [2.05, 4.69) is 4.72 Å². The Morgan fingerprint density at radius 2 is 2.71 bits per heavy atom. The second-order valence-electron chi connectivity index (χ2n) is 1.26. The van der Waals surface area contributed by atoms with Crippen LogP contribution in [0.2, 0.25) is 0 Å². The molecule has 0 saturated carbocycles. The molecule has 2 nitrogen and oxygen atoms in total. The lowest BCUT2D eigenvalue weighted by molar-refractivity contribution is -0.118. The van der Waals surface area contributed by atoms with Crippen molar-refractivity contribution in [2.75, 3.05) is 0 Å². The SMILES string of the molecule is O=C1CC(Cl)SN1. The summed E-state index contributed by atoms with van der Waals surface area (Å²) in [6, 6.07) is 0. The summed E-state index contributed by atoms with van der Waals surface area (Å²) >= 11 is 6.76. The van der Waals surface area contributed by atoms with Crippen molar-refractivity contribution in [3.05, 3.63) is 0 Å². The molecule has 40 valence electrons. The van der Waals surface area contributed by atoms with Gasteiger partial charge in [-0.25, -0.2) is 0 Å². The molecule has 1 N–H and O–H groups in total. The van der Waals surface area contributed by atoms with E-state index in [4.69, 9.17) is 11.6 Å². The Bertz CT molecular complexity index is 96.9. The third-order valence-electron chi connectivity index (χ3n) is 0.647. The fraction of sp³-hybridized carbons (Fsp3) is 0.667. The number of carbonyl (C=O) groups excluding carboxylic acids is 1. The molecule has 0 bridgehead atoms. The molecule has 0 radical (unpaired) electrons. The minimum Gasteiger partial charge on any atom is -0.299 e. The van der Waals surface area contributed by atoms with Gasteiger partial charge in [0.2, 0.25) is 5.91 Å². The predicted octanol–water partition coefficient (Wildman–Crippen LogP) is 0.719. The molecule has 1 aliphatic rings. The first-order chi connectivity index (χ1) is 3.29. The van der Waals surface area contributed by atoms with Crippen LogP contribution in [0.5, 0.6) is 0 Å². The number of halogens is 1. The summed E-state index contributed by atoms with van der Waals surface area (Å²) in [5.74, 6) is 0.0324. The van der Waals surface area contributed by atoms with Gasteiger partial charge in [0.15, 0.2) is 0 Å². The molecular formula is C3H4ClNOS. The lowest BCUT2D eigenvalue weighted by Crippen LogP contribution is -2.04. The number of carbonyl (C=O) groups is 1. The average molecular weight is 138 g/mol. The van der Waals surface area contributed by atoms with Crippen molar-refractivity contribution in [3.63, 3.8) is 0 Å². The third kappa shape index (κ3) is 1.24. The number of hydrogen-bond acceptors (Lipinski definition) is 2. The highest BCUT2D eigenvalue weighted by Gasteiger charge is 2.18. The van der Waals surface area contributed by atoms with Crippen LogP contribution < -0.4 is 4.72 Å². The van der Waals surface area contributed by atoms with Gasteiger partial charge in [0.25, 0.3) is 0 Å². The van der Waals surface area contributed by atoms with Crippen LogP contribution >= 0.6 is 23.5 Å². The molecule has 1 rings (SSSR count). The van der Waals surface area contributed by atoms with Crippen LogP contribution in [0.1, 0.15) is 6.42 Å². The van der Waals surface area contributed by atoms with Crippen LogP contribution in [0.25, 0.3) is 0 Å². The second-order valence-corrected chi connectivity index (χ2v) is 3.05. The largest absolute Gasteiger partial charge is 0.299 e. The third-order valence-corrected chi connectivity index (χ3v) is 1.84. The highest BCUT2D eigenvalue weighted by atomic mass is 35.5. The first-order valence-corrected chi connectivity index (χ1v) is 3.19. The molecule has 0 aliphatic carbocycles. The number of rotatable bonds is 0. The van der Waals surface area contributed by atoms with Gasteiger partial charge < -0.3 is 0 Å². The van der Waals surface area contributed by atoms with Crippen LogP contribution in [0.4, 0.5) is 0 Å². The van der Waals surface area contributed by atoms with Crippen LogP contribution in [0.15, 0.2) is 0 Å². The Labute approximate surface area is 50.7 Å². The summed E-state index contributed by atoms with van der Waals surface area (Å²) < 4.78 is 2.47. The van der Waals surface area contributed by atoms with Crippen molar-refractivity contribution in [2.45, 2.75) is 11.1 Å². The van der Waals surface area contributed by atoms with E-state index < -0.39 is 0 Å². The molecule has 1 heterocycles. The van der Waals surface area contributed by atoms with Crippen molar-refractivity contribution >= 4 is 29.5 Å². The Hall–Kier alpha value is 0.110. The van der Waals surface area contributed by atoms with Crippen molar-refractivity contribution in [1.29, 1.82) is 0 Å². The fourth-order valence-corrected chi connectivity index (χ4v) is 1.21. The summed E-state index contributed by atoms with van der Waals surface area (Å²) in [6.07, 6.45) is 0.451. The van der Waals surface area contributed by atoms with Gasteiger partial charge in [-0.1, -0.05) is 0 Å². The van der Waals surface area contributed by atoms with Crippen LogP contribution in [-0.4, -0.2) is 10.6 Å². The van der Waals surface area contributed by atoms with E-state index in [1.807, 2.05) is 0 Å². The highest BCUT2D eigenvalue weighted by Crippen LogP contribution is 2.21. The summed E-state index contributed by atoms with van der Waals surface area (Å²) in [4.78, 5) is 10.2.